The van der Waals surface area contributed by atoms with Gasteiger partial charge in [0.2, 0.25) is 0 Å². The smallest absolute Gasteiger partial charge is 0.348 e. The minimum atomic E-state index is -0.563. The minimum Gasteiger partial charge on any atom is -0.497 e. The number of benzene rings is 1. The van der Waals surface area contributed by atoms with E-state index in [0.717, 1.165) is 5.56 Å². The van der Waals surface area contributed by atoms with Gasteiger partial charge in [-0.25, -0.2) is 9.59 Å². The number of nitrogen functional groups attached to an aromatic ring is 1. The van der Waals surface area contributed by atoms with Crippen LogP contribution in [0.25, 0.3) is 0 Å². The molecule has 2 heterocycles. The maximum Gasteiger partial charge on any atom is 0.348 e. The van der Waals surface area contributed by atoms with E-state index in [1.165, 1.54) is 7.11 Å². The highest BCUT2D eigenvalue weighted by atomic mass is 16.5. The van der Waals surface area contributed by atoms with Crippen LogP contribution >= 0.6 is 0 Å². The molecule has 1 aromatic carbocycles. The topological polar surface area (TPSA) is 119 Å². The van der Waals surface area contributed by atoms with Gasteiger partial charge in [0, 0.05) is 11.3 Å². The number of H-pyrrole nitrogens is 1. The van der Waals surface area contributed by atoms with Crippen molar-refractivity contribution in [3.8, 4) is 5.75 Å². The van der Waals surface area contributed by atoms with Crippen molar-refractivity contribution in [3.05, 3.63) is 57.1 Å². The molecule has 0 spiro atoms. The average Bonchev–Trinajstić information content (AvgIpc) is 2.59. The van der Waals surface area contributed by atoms with Crippen molar-refractivity contribution in [1.82, 2.24) is 9.97 Å². The van der Waals surface area contributed by atoms with Gasteiger partial charge in [-0.3, -0.25) is 4.98 Å². The van der Waals surface area contributed by atoms with Crippen molar-refractivity contribution >= 4 is 17.6 Å². The van der Waals surface area contributed by atoms with E-state index in [-0.39, 0.29) is 5.82 Å². The van der Waals surface area contributed by atoms with Crippen LogP contribution < -0.4 is 21.5 Å². The van der Waals surface area contributed by atoms with Crippen molar-refractivity contribution in [2.75, 3.05) is 25.3 Å². The van der Waals surface area contributed by atoms with Gasteiger partial charge >= 0.3 is 11.7 Å². The molecule has 1 unspecified atom stereocenters. The number of esters is 1. The van der Waals surface area contributed by atoms with E-state index in [1.54, 1.807) is 26.2 Å². The molecular weight excluding hydrogens is 324 g/mol. The summed E-state index contributed by atoms with van der Waals surface area (Å²) in [6.45, 7) is 1.73. The largest absolute Gasteiger partial charge is 0.497 e. The molecule has 8 nitrogen and oxygen atoms in total. The van der Waals surface area contributed by atoms with Gasteiger partial charge in [0.1, 0.15) is 17.4 Å². The number of aromatic amines is 1. The SMILES string of the molecule is COC(=O)C1=C(C)Nc2nc(=O)[nH]c(N)c2C1c1ccc(OC)cc1. The molecule has 0 bridgehead atoms. The second-order valence-corrected chi connectivity index (χ2v) is 5.58. The number of ether oxygens (including phenoxy) is 2. The number of fused-ring (bicyclic) bond motifs is 1. The first kappa shape index (κ1) is 16.6. The summed E-state index contributed by atoms with van der Waals surface area (Å²) in [6, 6.07) is 7.24. The van der Waals surface area contributed by atoms with E-state index < -0.39 is 17.6 Å². The van der Waals surface area contributed by atoms with Crippen LogP contribution in [-0.4, -0.2) is 30.2 Å². The van der Waals surface area contributed by atoms with Crippen LogP contribution in [0.15, 0.2) is 40.3 Å². The van der Waals surface area contributed by atoms with Crippen LogP contribution in [0.4, 0.5) is 11.6 Å². The van der Waals surface area contributed by atoms with Crippen molar-refractivity contribution in [3.63, 3.8) is 0 Å². The van der Waals surface area contributed by atoms with Gasteiger partial charge in [-0.2, -0.15) is 4.98 Å². The van der Waals surface area contributed by atoms with E-state index >= 15 is 0 Å². The molecule has 130 valence electrons. The molecule has 0 saturated carbocycles. The van der Waals surface area contributed by atoms with E-state index in [4.69, 9.17) is 15.2 Å². The molecule has 0 amide bonds. The van der Waals surface area contributed by atoms with Gasteiger partial charge in [0.15, 0.2) is 0 Å². The van der Waals surface area contributed by atoms with E-state index in [9.17, 15) is 9.59 Å². The molecule has 0 saturated heterocycles. The number of rotatable bonds is 3. The van der Waals surface area contributed by atoms with Crippen LogP contribution in [0.5, 0.6) is 5.75 Å². The standard InChI is InChI=1S/C17H18N4O4/c1-8-11(16(22)25-3)12(9-4-6-10(24-2)7-5-9)13-14(18)20-17(23)21-15(13)19-8/h4-7,12H,1-3H3,(H4,18,19,20,21,23). The average molecular weight is 342 g/mol. The fraction of sp³-hybridized carbons (Fsp3) is 0.235. The molecule has 0 radical (unpaired) electrons. The number of carbonyl (C=O) groups is 1. The molecular formula is C17H18N4O4. The van der Waals surface area contributed by atoms with E-state index in [1.807, 2.05) is 12.1 Å². The highest BCUT2D eigenvalue weighted by Gasteiger charge is 2.35. The Hall–Kier alpha value is -3.29. The zero-order chi connectivity index (χ0) is 18.1. The summed E-state index contributed by atoms with van der Waals surface area (Å²) in [5.41, 5.74) is 7.75. The maximum absolute atomic E-state index is 12.4. The van der Waals surface area contributed by atoms with E-state index in [0.29, 0.717) is 28.4 Å². The summed E-state index contributed by atoms with van der Waals surface area (Å²) >= 11 is 0. The number of nitrogens with one attached hydrogen (secondary N) is 2. The Bertz CT molecular complexity index is 915. The number of aromatic nitrogens is 2. The first-order valence-corrected chi connectivity index (χ1v) is 7.56. The summed E-state index contributed by atoms with van der Waals surface area (Å²) in [5.74, 6) is 0.149. The summed E-state index contributed by atoms with van der Waals surface area (Å²) in [4.78, 5) is 30.5. The molecule has 2 aromatic rings. The number of hydrogen-bond donors (Lipinski definition) is 3. The third-order valence-corrected chi connectivity index (χ3v) is 4.14. The van der Waals surface area contributed by atoms with Gasteiger partial charge in [-0.05, 0) is 24.6 Å². The van der Waals surface area contributed by atoms with Gasteiger partial charge in [0.25, 0.3) is 0 Å². The van der Waals surface area contributed by atoms with Crippen LogP contribution in [-0.2, 0) is 9.53 Å². The first-order valence-electron chi connectivity index (χ1n) is 7.56. The summed E-state index contributed by atoms with van der Waals surface area (Å²) in [6.07, 6.45) is 0. The molecule has 1 aromatic heterocycles. The normalized spacial score (nSPS) is 16.0. The third-order valence-electron chi connectivity index (χ3n) is 4.14. The van der Waals surface area contributed by atoms with Crippen molar-refractivity contribution in [2.24, 2.45) is 0 Å². The number of hydrogen-bond acceptors (Lipinski definition) is 7. The maximum atomic E-state index is 12.4. The Morgan fingerprint density at radius 1 is 1.24 bits per heavy atom. The van der Waals surface area contributed by atoms with Crippen molar-refractivity contribution in [2.45, 2.75) is 12.8 Å². The molecule has 1 aliphatic rings. The highest BCUT2D eigenvalue weighted by Crippen LogP contribution is 2.43. The molecule has 3 rings (SSSR count). The molecule has 0 aliphatic carbocycles. The Kier molecular flexibility index (Phi) is 4.18. The number of nitrogens with two attached hydrogens (primary N) is 1. The lowest BCUT2D eigenvalue weighted by atomic mass is 9.82. The lowest BCUT2D eigenvalue weighted by Gasteiger charge is -2.29. The van der Waals surface area contributed by atoms with Crippen molar-refractivity contribution < 1.29 is 14.3 Å². The second kappa shape index (κ2) is 6.31. The quantitative estimate of drug-likeness (QED) is 0.721. The number of allylic oxidation sites excluding steroid dienone is 1. The third kappa shape index (κ3) is 2.82. The van der Waals surface area contributed by atoms with Crippen molar-refractivity contribution in [1.29, 1.82) is 0 Å². The zero-order valence-corrected chi connectivity index (χ0v) is 14.0. The summed E-state index contributed by atoms with van der Waals surface area (Å²) in [7, 11) is 2.89. The number of methoxy groups -OCH3 is 2. The lowest BCUT2D eigenvalue weighted by molar-refractivity contribution is -0.136. The highest BCUT2D eigenvalue weighted by molar-refractivity contribution is 5.95. The number of anilines is 2. The number of nitrogens with zero attached hydrogens (tertiary/aromatic N) is 1. The molecule has 1 aliphatic heterocycles. The fourth-order valence-electron chi connectivity index (χ4n) is 3.00. The molecule has 8 heteroatoms. The van der Waals surface area contributed by atoms with Gasteiger partial charge in [-0.15, -0.1) is 0 Å². The van der Waals surface area contributed by atoms with Crippen LogP contribution in [0.2, 0.25) is 0 Å². The van der Waals surface area contributed by atoms with Gasteiger partial charge < -0.3 is 20.5 Å². The summed E-state index contributed by atoms with van der Waals surface area (Å²) in [5, 5.41) is 2.97. The Morgan fingerprint density at radius 3 is 2.52 bits per heavy atom. The fourth-order valence-corrected chi connectivity index (χ4v) is 3.00. The minimum absolute atomic E-state index is 0.150. The van der Waals surface area contributed by atoms with Gasteiger partial charge in [0.05, 0.1) is 25.7 Å². The Labute approximate surface area is 143 Å². The lowest BCUT2D eigenvalue weighted by Crippen LogP contribution is -2.28. The van der Waals surface area contributed by atoms with Crippen LogP contribution in [0.1, 0.15) is 24.0 Å². The number of carbonyl (C=O) groups excluding carboxylic acids is 1. The van der Waals surface area contributed by atoms with Crippen LogP contribution in [0, 0.1) is 0 Å². The first-order chi connectivity index (χ1) is 12.0. The van der Waals surface area contributed by atoms with Gasteiger partial charge in [-0.1, -0.05) is 12.1 Å². The monoisotopic (exact) mass is 342 g/mol. The predicted molar refractivity (Wildman–Crippen MR) is 92.4 cm³/mol. The molecule has 4 N–H and O–H groups in total. The predicted octanol–water partition coefficient (Wildman–Crippen LogP) is 1.37. The molecule has 0 fully saturated rings. The second-order valence-electron chi connectivity index (χ2n) is 5.58. The zero-order valence-electron chi connectivity index (χ0n) is 14.0. The molecule has 1 atom stereocenters. The van der Waals surface area contributed by atoms with E-state index in [2.05, 4.69) is 15.3 Å². The Balaban J connectivity index is 2.26. The Morgan fingerprint density at radius 2 is 1.92 bits per heavy atom. The summed E-state index contributed by atoms with van der Waals surface area (Å²) < 4.78 is 10.1. The van der Waals surface area contributed by atoms with Crippen LogP contribution in [0.3, 0.4) is 0 Å². The molecule has 25 heavy (non-hydrogen) atoms.